The molecule has 0 radical (unpaired) electrons. The van der Waals surface area contributed by atoms with Crippen molar-refractivity contribution in [1.29, 1.82) is 0 Å². The van der Waals surface area contributed by atoms with Crippen molar-refractivity contribution < 1.29 is 19.2 Å². The first-order chi connectivity index (χ1) is 15.7. The van der Waals surface area contributed by atoms with Gasteiger partial charge in [-0.2, -0.15) is 4.98 Å². The average Bonchev–Trinajstić information content (AvgIpc) is 3.38. The van der Waals surface area contributed by atoms with Crippen molar-refractivity contribution in [2.45, 2.75) is 39.5 Å². The summed E-state index contributed by atoms with van der Waals surface area (Å²) < 4.78 is 13.2. The van der Waals surface area contributed by atoms with E-state index in [4.69, 9.17) is 26.0 Å². The van der Waals surface area contributed by atoms with E-state index in [1.807, 2.05) is 55.9 Å². The maximum Gasteiger partial charge on any atom is 0.320 e. The molecule has 0 unspecified atom stereocenters. The second kappa shape index (κ2) is 9.25. The molecule has 0 bridgehead atoms. The van der Waals surface area contributed by atoms with Crippen molar-refractivity contribution in [2.24, 2.45) is 7.05 Å². The lowest BCUT2D eigenvalue weighted by atomic mass is 10.1. The monoisotopic (exact) mass is 468 g/mol. The van der Waals surface area contributed by atoms with Gasteiger partial charge in [0.05, 0.1) is 16.6 Å². The van der Waals surface area contributed by atoms with E-state index in [9.17, 15) is 4.79 Å². The highest BCUT2D eigenvalue weighted by Crippen LogP contribution is 2.33. The topological polar surface area (TPSA) is 102 Å². The number of benzene rings is 2. The summed E-state index contributed by atoms with van der Waals surface area (Å²) in [5, 5.41) is 17.8. The molecule has 0 spiro atoms. The highest BCUT2D eigenvalue weighted by Gasteiger charge is 2.18. The normalized spacial score (nSPS) is 12.4. The number of hydrogen-bond donors (Lipinski definition) is 2. The van der Waals surface area contributed by atoms with Gasteiger partial charge >= 0.3 is 5.97 Å². The van der Waals surface area contributed by atoms with Crippen LogP contribution in [0, 0.1) is 0 Å². The third kappa shape index (κ3) is 4.72. The number of fused-ring (bicyclic) bond motifs is 1. The number of halogens is 1. The zero-order chi connectivity index (χ0) is 23.7. The molecule has 33 heavy (non-hydrogen) atoms. The summed E-state index contributed by atoms with van der Waals surface area (Å²) in [6.07, 6.45) is 1.99. The summed E-state index contributed by atoms with van der Waals surface area (Å²) in [5.41, 5.74) is 3.43. The van der Waals surface area contributed by atoms with Crippen molar-refractivity contribution in [3.05, 3.63) is 53.2 Å². The number of rotatable bonds is 8. The molecule has 2 aromatic carbocycles. The van der Waals surface area contributed by atoms with Gasteiger partial charge in [-0.15, -0.1) is 0 Å². The fourth-order valence-electron chi connectivity index (χ4n) is 3.66. The molecule has 4 aromatic rings. The average molecular weight is 469 g/mol. The molecule has 0 aliphatic rings. The van der Waals surface area contributed by atoms with Crippen LogP contribution >= 0.6 is 11.6 Å². The van der Waals surface area contributed by atoms with E-state index in [0.29, 0.717) is 34.6 Å². The van der Waals surface area contributed by atoms with Gasteiger partial charge in [-0.25, -0.2) is 0 Å². The predicted octanol–water partition coefficient (Wildman–Crippen LogP) is 4.90. The van der Waals surface area contributed by atoms with E-state index in [-0.39, 0.29) is 6.10 Å². The van der Waals surface area contributed by atoms with Gasteiger partial charge in [0.2, 0.25) is 5.82 Å². The van der Waals surface area contributed by atoms with Crippen LogP contribution in [0.1, 0.15) is 26.3 Å². The van der Waals surface area contributed by atoms with Gasteiger partial charge < -0.3 is 24.3 Å². The molecule has 0 aliphatic carbocycles. The Balaban J connectivity index is 1.66. The summed E-state index contributed by atoms with van der Waals surface area (Å²) in [5.74, 6) is 0.515. The molecule has 0 saturated heterocycles. The Morgan fingerprint density at radius 2 is 2.06 bits per heavy atom. The van der Waals surface area contributed by atoms with Crippen LogP contribution in [0.15, 0.2) is 47.1 Å². The number of aliphatic carboxylic acids is 1. The minimum absolute atomic E-state index is 0.0153. The molecule has 2 N–H and O–H groups in total. The van der Waals surface area contributed by atoms with E-state index < -0.39 is 12.0 Å². The van der Waals surface area contributed by atoms with Crippen LogP contribution in [-0.4, -0.2) is 37.9 Å². The Morgan fingerprint density at radius 3 is 2.76 bits per heavy atom. The molecule has 9 heteroatoms. The summed E-state index contributed by atoms with van der Waals surface area (Å²) in [4.78, 5) is 15.7. The molecule has 0 amide bonds. The number of aromatic nitrogens is 3. The first-order valence-electron chi connectivity index (χ1n) is 10.6. The second-order valence-corrected chi connectivity index (χ2v) is 8.55. The molecule has 2 aromatic heterocycles. The summed E-state index contributed by atoms with van der Waals surface area (Å²) in [6, 6.07) is 10.6. The largest absolute Gasteiger partial charge is 0.489 e. The lowest BCUT2D eigenvalue weighted by Crippen LogP contribution is -2.33. The fraction of sp³-hybridized carbons (Fsp3) is 0.292. The van der Waals surface area contributed by atoms with Crippen molar-refractivity contribution in [3.8, 4) is 28.6 Å². The molecule has 4 rings (SSSR count). The van der Waals surface area contributed by atoms with Crippen LogP contribution in [-0.2, 0) is 18.4 Å². The number of para-hydroxylation sites is 1. The van der Waals surface area contributed by atoms with Crippen LogP contribution in [0.3, 0.4) is 0 Å². The zero-order valence-electron chi connectivity index (χ0n) is 18.8. The molecule has 0 fully saturated rings. The van der Waals surface area contributed by atoms with Crippen LogP contribution < -0.4 is 10.1 Å². The maximum atomic E-state index is 11.1. The number of nitrogens with zero attached hydrogens (tertiary/aromatic N) is 3. The number of ether oxygens (including phenoxy) is 1. The Hall–Kier alpha value is -3.36. The number of carbonyl (C=O) groups is 1. The minimum atomic E-state index is -0.890. The summed E-state index contributed by atoms with van der Waals surface area (Å²) in [6.45, 7) is 5.92. The molecule has 2 heterocycles. The standard InChI is InChI=1S/C24H25ClN4O4/c1-13(2)32-20-9-8-15(10-19(20)25)23-27-22(28-33-23)18-7-5-6-17-16(12-29(4)21(17)18)11-26-14(3)24(30)31/h5-10,12-14,26H,11H2,1-4H3,(H,30,31)/t14-/m1/s1. The zero-order valence-corrected chi connectivity index (χ0v) is 19.6. The Kier molecular flexibility index (Phi) is 6.40. The maximum absolute atomic E-state index is 11.1. The number of aryl methyl sites for hydroxylation is 1. The third-order valence-corrected chi connectivity index (χ3v) is 5.56. The lowest BCUT2D eigenvalue weighted by Gasteiger charge is -2.11. The van der Waals surface area contributed by atoms with Gasteiger partial charge in [-0.05, 0) is 50.6 Å². The van der Waals surface area contributed by atoms with Gasteiger partial charge in [0.15, 0.2) is 0 Å². The van der Waals surface area contributed by atoms with E-state index in [1.165, 1.54) is 0 Å². The number of hydrogen-bond acceptors (Lipinski definition) is 6. The molecular weight excluding hydrogens is 444 g/mol. The Morgan fingerprint density at radius 1 is 1.27 bits per heavy atom. The van der Waals surface area contributed by atoms with Crippen molar-refractivity contribution in [1.82, 2.24) is 20.0 Å². The van der Waals surface area contributed by atoms with Crippen LogP contribution in [0.25, 0.3) is 33.7 Å². The van der Waals surface area contributed by atoms with E-state index in [1.54, 1.807) is 19.1 Å². The second-order valence-electron chi connectivity index (χ2n) is 8.14. The highest BCUT2D eigenvalue weighted by atomic mass is 35.5. The molecule has 0 saturated carbocycles. The Labute approximate surface area is 196 Å². The quantitative estimate of drug-likeness (QED) is 0.379. The first-order valence-corrected chi connectivity index (χ1v) is 11.0. The summed E-state index contributed by atoms with van der Waals surface area (Å²) >= 11 is 6.36. The van der Waals surface area contributed by atoms with Gasteiger partial charge in [-0.1, -0.05) is 28.9 Å². The lowest BCUT2D eigenvalue weighted by molar-refractivity contribution is -0.139. The molecule has 0 aliphatic heterocycles. The van der Waals surface area contributed by atoms with Crippen molar-refractivity contribution in [3.63, 3.8) is 0 Å². The smallest absolute Gasteiger partial charge is 0.320 e. The molecular formula is C24H25ClN4O4. The molecule has 8 nitrogen and oxygen atoms in total. The number of nitrogens with one attached hydrogen (secondary N) is 1. The third-order valence-electron chi connectivity index (χ3n) is 5.26. The van der Waals surface area contributed by atoms with Crippen LogP contribution in [0.5, 0.6) is 5.75 Å². The predicted molar refractivity (Wildman–Crippen MR) is 126 cm³/mol. The van der Waals surface area contributed by atoms with E-state index in [0.717, 1.165) is 22.0 Å². The fourth-order valence-corrected chi connectivity index (χ4v) is 3.88. The minimum Gasteiger partial charge on any atom is -0.489 e. The Bertz CT molecular complexity index is 1310. The van der Waals surface area contributed by atoms with Crippen LogP contribution in [0.2, 0.25) is 5.02 Å². The van der Waals surface area contributed by atoms with Crippen molar-refractivity contribution in [2.75, 3.05) is 0 Å². The highest BCUT2D eigenvalue weighted by molar-refractivity contribution is 6.32. The molecule has 1 atom stereocenters. The van der Waals surface area contributed by atoms with Crippen molar-refractivity contribution >= 4 is 28.5 Å². The van der Waals surface area contributed by atoms with E-state index >= 15 is 0 Å². The van der Waals surface area contributed by atoms with Gasteiger partial charge in [0.1, 0.15) is 11.8 Å². The summed E-state index contributed by atoms with van der Waals surface area (Å²) in [7, 11) is 1.93. The number of carboxylic acids is 1. The first kappa shape index (κ1) is 22.8. The van der Waals surface area contributed by atoms with E-state index in [2.05, 4.69) is 15.5 Å². The number of carboxylic acid groups (broad SMARTS) is 1. The van der Waals surface area contributed by atoms with Crippen LogP contribution in [0.4, 0.5) is 0 Å². The van der Waals surface area contributed by atoms with Gasteiger partial charge in [0.25, 0.3) is 5.89 Å². The van der Waals surface area contributed by atoms with Gasteiger partial charge in [0, 0.05) is 36.3 Å². The SMILES string of the molecule is CC(C)Oc1ccc(-c2nc(-c3cccc4c(CN[C@H](C)C(=O)O)cn(C)c34)no2)cc1Cl. The van der Waals surface area contributed by atoms with Gasteiger partial charge in [-0.3, -0.25) is 4.79 Å². The molecule has 172 valence electrons.